The van der Waals surface area contributed by atoms with Crippen LogP contribution in [0.1, 0.15) is 26.7 Å². The van der Waals surface area contributed by atoms with Crippen LogP contribution < -0.4 is 0 Å². The van der Waals surface area contributed by atoms with E-state index in [1.165, 1.54) is 0 Å². The summed E-state index contributed by atoms with van der Waals surface area (Å²) in [5, 5.41) is 9.69. The van der Waals surface area contributed by atoms with Crippen LogP contribution in [-0.4, -0.2) is 54.6 Å². The minimum atomic E-state index is -4.13. The molecule has 0 aromatic rings. The summed E-state index contributed by atoms with van der Waals surface area (Å²) in [4.78, 5) is 1.68. The molecule has 3 nitrogen and oxygen atoms in total. The predicted molar refractivity (Wildman–Crippen MR) is 62.3 cm³/mol. The molecule has 0 unspecified atom stereocenters. The van der Waals surface area contributed by atoms with Gasteiger partial charge in [0.25, 0.3) is 0 Å². The van der Waals surface area contributed by atoms with Crippen molar-refractivity contribution in [2.75, 3.05) is 26.2 Å². The molecule has 1 saturated heterocycles. The van der Waals surface area contributed by atoms with Crippen LogP contribution in [0.25, 0.3) is 0 Å². The van der Waals surface area contributed by atoms with E-state index in [1.54, 1.807) is 4.90 Å². The normalized spacial score (nSPS) is 24.5. The third kappa shape index (κ3) is 5.54. The first-order valence-electron chi connectivity index (χ1n) is 6.37. The van der Waals surface area contributed by atoms with Crippen molar-refractivity contribution in [2.24, 2.45) is 5.92 Å². The van der Waals surface area contributed by atoms with E-state index >= 15 is 0 Å². The molecule has 1 aliphatic rings. The van der Waals surface area contributed by atoms with E-state index in [0.717, 1.165) is 0 Å². The second-order valence-electron chi connectivity index (χ2n) is 5.18. The number of aliphatic hydroxyl groups is 1. The molecule has 0 bridgehead atoms. The molecule has 18 heavy (non-hydrogen) atoms. The van der Waals surface area contributed by atoms with E-state index in [2.05, 4.69) is 0 Å². The Bertz CT molecular complexity index is 246. The number of aliphatic hydroxyl groups excluding tert-OH is 1. The number of ether oxygens (including phenoxy) is 1. The van der Waals surface area contributed by atoms with Crippen LogP contribution in [0, 0.1) is 5.92 Å². The van der Waals surface area contributed by atoms with Crippen molar-refractivity contribution in [3.63, 3.8) is 0 Å². The maximum absolute atomic E-state index is 12.6. The fourth-order valence-corrected chi connectivity index (χ4v) is 2.14. The fourth-order valence-electron chi connectivity index (χ4n) is 2.14. The van der Waals surface area contributed by atoms with Gasteiger partial charge in [-0.05, 0) is 33.2 Å². The summed E-state index contributed by atoms with van der Waals surface area (Å²) in [6.45, 7) is 4.73. The van der Waals surface area contributed by atoms with Gasteiger partial charge >= 0.3 is 6.18 Å². The molecule has 1 fully saturated rings. The Kier molecular flexibility index (Phi) is 5.88. The highest BCUT2D eigenvalue weighted by Crippen LogP contribution is 2.33. The highest BCUT2D eigenvalue weighted by molar-refractivity contribution is 4.79. The number of likely N-dealkylation sites (tertiary alicyclic amines) is 1. The van der Waals surface area contributed by atoms with Crippen LogP contribution in [-0.2, 0) is 4.74 Å². The number of alkyl halides is 3. The Balaban J connectivity index is 2.33. The van der Waals surface area contributed by atoms with Crippen LogP contribution in [0.2, 0.25) is 0 Å². The summed E-state index contributed by atoms with van der Waals surface area (Å²) in [6.07, 6.45) is -4.11. The van der Waals surface area contributed by atoms with Crippen LogP contribution in [0.15, 0.2) is 0 Å². The highest BCUT2D eigenvalue weighted by Gasteiger charge is 2.41. The Labute approximate surface area is 106 Å². The standard InChI is InChI=1S/C12H22F3NO2/c1-9(2)18-8-11(17)7-16-5-3-4-10(6-16)12(13,14)15/h9-11,17H,3-8H2,1-2H3/t10-,11-/m1/s1. The number of hydrogen-bond donors (Lipinski definition) is 1. The number of nitrogens with zero attached hydrogens (tertiary/aromatic N) is 1. The molecule has 1 rings (SSSR count). The summed E-state index contributed by atoms with van der Waals surface area (Å²) in [5.41, 5.74) is 0. The van der Waals surface area contributed by atoms with Gasteiger partial charge in [0.05, 0.1) is 24.7 Å². The molecule has 108 valence electrons. The van der Waals surface area contributed by atoms with Gasteiger partial charge in [-0.25, -0.2) is 0 Å². The van der Waals surface area contributed by atoms with E-state index < -0.39 is 18.2 Å². The summed E-state index contributed by atoms with van der Waals surface area (Å²) >= 11 is 0. The average molecular weight is 269 g/mol. The molecule has 0 radical (unpaired) electrons. The van der Waals surface area contributed by atoms with Crippen LogP contribution >= 0.6 is 0 Å². The SMILES string of the molecule is CC(C)OC[C@H](O)CN1CCC[C@@H](C(F)(F)F)C1. The van der Waals surface area contributed by atoms with Gasteiger partial charge in [-0.2, -0.15) is 13.2 Å². The predicted octanol–water partition coefficient (Wildman–Crippen LogP) is 2.05. The monoisotopic (exact) mass is 269 g/mol. The van der Waals surface area contributed by atoms with Crippen molar-refractivity contribution in [3.8, 4) is 0 Å². The Morgan fingerprint density at radius 3 is 2.61 bits per heavy atom. The topological polar surface area (TPSA) is 32.7 Å². The van der Waals surface area contributed by atoms with Gasteiger partial charge in [0.1, 0.15) is 0 Å². The van der Waals surface area contributed by atoms with Crippen molar-refractivity contribution in [1.29, 1.82) is 0 Å². The first-order valence-corrected chi connectivity index (χ1v) is 6.37. The van der Waals surface area contributed by atoms with Gasteiger partial charge in [-0.3, -0.25) is 0 Å². The summed E-state index contributed by atoms with van der Waals surface area (Å²) in [7, 11) is 0. The van der Waals surface area contributed by atoms with Crippen molar-refractivity contribution in [2.45, 2.75) is 45.1 Å². The average Bonchev–Trinajstić information content (AvgIpc) is 2.25. The molecule has 2 atom stereocenters. The van der Waals surface area contributed by atoms with Crippen molar-refractivity contribution in [3.05, 3.63) is 0 Å². The molecule has 0 saturated carbocycles. The van der Waals surface area contributed by atoms with Crippen LogP contribution in [0.3, 0.4) is 0 Å². The number of hydrogen-bond acceptors (Lipinski definition) is 3. The molecule has 0 spiro atoms. The lowest BCUT2D eigenvalue weighted by atomic mass is 9.97. The first-order chi connectivity index (χ1) is 8.29. The maximum atomic E-state index is 12.6. The van der Waals surface area contributed by atoms with E-state index in [9.17, 15) is 18.3 Å². The summed E-state index contributed by atoms with van der Waals surface area (Å²) in [6, 6.07) is 0. The lowest BCUT2D eigenvalue weighted by Crippen LogP contribution is -2.45. The molecular formula is C12H22F3NO2. The van der Waals surface area contributed by atoms with Gasteiger partial charge in [-0.15, -0.1) is 0 Å². The largest absolute Gasteiger partial charge is 0.393 e. The van der Waals surface area contributed by atoms with E-state index in [0.29, 0.717) is 13.0 Å². The van der Waals surface area contributed by atoms with Gasteiger partial charge < -0.3 is 14.7 Å². The van der Waals surface area contributed by atoms with Gasteiger partial charge in [0.2, 0.25) is 0 Å². The zero-order valence-corrected chi connectivity index (χ0v) is 10.9. The van der Waals surface area contributed by atoms with E-state index in [1.807, 2.05) is 13.8 Å². The van der Waals surface area contributed by atoms with E-state index in [-0.39, 0.29) is 32.2 Å². The number of rotatable bonds is 5. The zero-order valence-electron chi connectivity index (χ0n) is 10.9. The fraction of sp³-hybridized carbons (Fsp3) is 1.00. The lowest BCUT2D eigenvalue weighted by Gasteiger charge is -2.34. The molecule has 0 aromatic carbocycles. The van der Waals surface area contributed by atoms with Crippen molar-refractivity contribution < 1.29 is 23.0 Å². The third-order valence-electron chi connectivity index (χ3n) is 3.06. The Hall–Kier alpha value is -0.330. The highest BCUT2D eigenvalue weighted by atomic mass is 19.4. The Morgan fingerprint density at radius 1 is 1.39 bits per heavy atom. The van der Waals surface area contributed by atoms with Gasteiger partial charge in [0, 0.05) is 13.1 Å². The van der Waals surface area contributed by atoms with Crippen molar-refractivity contribution >= 4 is 0 Å². The molecular weight excluding hydrogens is 247 g/mol. The molecule has 0 amide bonds. The Morgan fingerprint density at radius 2 is 2.06 bits per heavy atom. The minimum Gasteiger partial charge on any atom is -0.389 e. The zero-order chi connectivity index (χ0) is 13.8. The second kappa shape index (κ2) is 6.73. The molecule has 6 heteroatoms. The molecule has 1 heterocycles. The maximum Gasteiger partial charge on any atom is 0.393 e. The molecule has 1 N–H and O–H groups in total. The van der Waals surface area contributed by atoms with E-state index in [4.69, 9.17) is 4.74 Å². The number of piperidine rings is 1. The molecule has 0 aromatic heterocycles. The quantitative estimate of drug-likeness (QED) is 0.829. The van der Waals surface area contributed by atoms with Crippen LogP contribution in [0.4, 0.5) is 13.2 Å². The smallest absolute Gasteiger partial charge is 0.389 e. The van der Waals surface area contributed by atoms with Gasteiger partial charge in [-0.1, -0.05) is 0 Å². The third-order valence-corrected chi connectivity index (χ3v) is 3.06. The van der Waals surface area contributed by atoms with Crippen LogP contribution in [0.5, 0.6) is 0 Å². The number of halogens is 3. The van der Waals surface area contributed by atoms with Crippen molar-refractivity contribution in [1.82, 2.24) is 4.90 Å². The molecule has 1 aliphatic heterocycles. The lowest BCUT2D eigenvalue weighted by molar-refractivity contribution is -0.187. The second-order valence-corrected chi connectivity index (χ2v) is 5.18. The summed E-state index contributed by atoms with van der Waals surface area (Å²) < 4.78 is 43.0. The molecule has 0 aliphatic carbocycles. The minimum absolute atomic E-state index is 0.0117. The first kappa shape index (κ1) is 15.7. The van der Waals surface area contributed by atoms with Gasteiger partial charge in [0.15, 0.2) is 0 Å². The number of β-amino-alcohol motifs (C(OH)–C–C–N with tert-alkyl or cyclic N) is 1. The summed E-state index contributed by atoms with van der Waals surface area (Å²) in [5.74, 6) is -1.26.